The molecule has 2 amide bonds. The number of halogens is 3. The second-order valence-electron chi connectivity index (χ2n) is 11.4. The summed E-state index contributed by atoms with van der Waals surface area (Å²) in [7, 11) is 0. The van der Waals surface area contributed by atoms with E-state index in [0.717, 1.165) is 68.3 Å². The van der Waals surface area contributed by atoms with Crippen molar-refractivity contribution in [2.45, 2.75) is 88.2 Å². The summed E-state index contributed by atoms with van der Waals surface area (Å²) in [6, 6.07) is 10.7. The first-order valence-electron chi connectivity index (χ1n) is 14.0. The lowest BCUT2D eigenvalue weighted by Gasteiger charge is -2.48. The highest BCUT2D eigenvalue weighted by Crippen LogP contribution is 2.54. The van der Waals surface area contributed by atoms with Crippen LogP contribution in [0, 0.1) is 5.92 Å². The molecule has 3 atom stereocenters. The third kappa shape index (κ3) is 5.28. The molecule has 212 valence electrons. The van der Waals surface area contributed by atoms with Gasteiger partial charge in [0.15, 0.2) is 0 Å². The minimum atomic E-state index is -4.82. The van der Waals surface area contributed by atoms with Gasteiger partial charge in [0.25, 0.3) is 5.91 Å². The van der Waals surface area contributed by atoms with Gasteiger partial charge in [-0.2, -0.15) is 0 Å². The first kappa shape index (κ1) is 26.7. The van der Waals surface area contributed by atoms with Gasteiger partial charge in [0.05, 0.1) is 12.5 Å². The molecule has 3 saturated carbocycles. The third-order valence-electron chi connectivity index (χ3n) is 8.58. The minimum absolute atomic E-state index is 0.0203. The van der Waals surface area contributed by atoms with Crippen LogP contribution in [0.25, 0.3) is 0 Å². The molecule has 1 heterocycles. The van der Waals surface area contributed by atoms with Crippen molar-refractivity contribution in [3.8, 4) is 5.75 Å². The Hall–Kier alpha value is -3.56. The number of fused-ring (bicyclic) bond motifs is 2. The Morgan fingerprint density at radius 2 is 1.68 bits per heavy atom. The quantitative estimate of drug-likeness (QED) is 0.419. The summed E-state index contributed by atoms with van der Waals surface area (Å²) >= 11 is 0. The fourth-order valence-electron chi connectivity index (χ4n) is 6.60. The molecule has 40 heavy (non-hydrogen) atoms. The van der Waals surface area contributed by atoms with Crippen molar-refractivity contribution in [2.24, 2.45) is 5.92 Å². The van der Waals surface area contributed by atoms with Crippen LogP contribution in [0.3, 0.4) is 0 Å². The largest absolute Gasteiger partial charge is 0.573 e. The lowest BCUT2D eigenvalue weighted by molar-refractivity contribution is -0.274. The second-order valence-corrected chi connectivity index (χ2v) is 11.4. The summed E-state index contributed by atoms with van der Waals surface area (Å²) in [4.78, 5) is 42.5. The van der Waals surface area contributed by atoms with E-state index in [2.05, 4.69) is 10.8 Å². The molecule has 3 aliphatic carbocycles. The molecule has 7 nitrogen and oxygen atoms in total. The van der Waals surface area contributed by atoms with Crippen molar-refractivity contribution in [1.82, 2.24) is 4.90 Å². The van der Waals surface area contributed by atoms with Gasteiger partial charge in [-0.05, 0) is 85.9 Å². The molecule has 0 bridgehead atoms. The van der Waals surface area contributed by atoms with Crippen LogP contribution in [-0.4, -0.2) is 46.2 Å². The van der Waals surface area contributed by atoms with Gasteiger partial charge in [-0.1, -0.05) is 18.6 Å². The molecule has 0 radical (unpaired) electrons. The number of anilines is 1. The van der Waals surface area contributed by atoms with Crippen LogP contribution in [0.2, 0.25) is 0 Å². The van der Waals surface area contributed by atoms with Crippen molar-refractivity contribution in [3.05, 3.63) is 59.2 Å². The maximum atomic E-state index is 14.0. The highest BCUT2D eigenvalue weighted by atomic mass is 19.4. The van der Waals surface area contributed by atoms with Gasteiger partial charge in [0.2, 0.25) is 5.91 Å². The fraction of sp³-hybridized carbons (Fsp3) is 0.500. The zero-order valence-corrected chi connectivity index (χ0v) is 21.9. The minimum Gasteiger partial charge on any atom is -0.481 e. The van der Waals surface area contributed by atoms with Crippen LogP contribution in [0.1, 0.15) is 91.2 Å². The molecule has 0 aromatic heterocycles. The molecular weight excluding hydrogens is 525 g/mol. The van der Waals surface area contributed by atoms with Gasteiger partial charge in [0.1, 0.15) is 5.75 Å². The van der Waals surface area contributed by atoms with E-state index >= 15 is 0 Å². The van der Waals surface area contributed by atoms with Gasteiger partial charge < -0.3 is 19.6 Å². The molecule has 10 heteroatoms. The Balaban J connectivity index is 1.39. The molecule has 2 aromatic rings. The van der Waals surface area contributed by atoms with E-state index in [1.165, 1.54) is 17.7 Å². The van der Waals surface area contributed by atoms with E-state index in [1.807, 2.05) is 17.0 Å². The average Bonchev–Trinajstić information content (AvgIpc) is 3.84. The number of carbonyl (C=O) groups is 3. The van der Waals surface area contributed by atoms with E-state index in [-0.39, 0.29) is 54.3 Å². The number of carboxylic acid groups (broad SMARTS) is 1. The van der Waals surface area contributed by atoms with Crippen LogP contribution in [0.4, 0.5) is 18.9 Å². The number of aliphatic carboxylic acids is 1. The summed E-state index contributed by atoms with van der Waals surface area (Å²) in [5.41, 5.74) is 3.06. The maximum Gasteiger partial charge on any atom is 0.573 e. The Labute approximate surface area is 229 Å². The monoisotopic (exact) mass is 556 g/mol. The van der Waals surface area contributed by atoms with Crippen molar-refractivity contribution in [2.75, 3.05) is 4.90 Å². The van der Waals surface area contributed by atoms with Crippen LogP contribution in [0.15, 0.2) is 42.5 Å². The zero-order chi connectivity index (χ0) is 28.2. The molecule has 3 fully saturated rings. The zero-order valence-electron chi connectivity index (χ0n) is 21.9. The molecule has 0 saturated heterocycles. The van der Waals surface area contributed by atoms with Crippen LogP contribution in [0.5, 0.6) is 5.75 Å². The van der Waals surface area contributed by atoms with Crippen molar-refractivity contribution in [3.63, 3.8) is 0 Å². The lowest BCUT2D eigenvalue weighted by atomic mass is 9.80. The summed E-state index contributed by atoms with van der Waals surface area (Å²) in [5.74, 6) is -1.43. The Bertz CT molecular complexity index is 1320. The summed E-state index contributed by atoms with van der Waals surface area (Å²) in [6.45, 7) is 0. The number of rotatable bonds is 8. The molecule has 4 aliphatic rings. The first-order valence-corrected chi connectivity index (χ1v) is 14.0. The highest BCUT2D eigenvalue weighted by Gasteiger charge is 2.51. The van der Waals surface area contributed by atoms with E-state index in [4.69, 9.17) is 0 Å². The lowest BCUT2D eigenvalue weighted by Crippen LogP contribution is -2.53. The van der Waals surface area contributed by atoms with Gasteiger partial charge in [-0.25, -0.2) is 0 Å². The Morgan fingerprint density at radius 3 is 2.30 bits per heavy atom. The summed E-state index contributed by atoms with van der Waals surface area (Å²) in [5, 5.41) is 9.22. The molecule has 0 spiro atoms. The molecule has 2 aromatic carbocycles. The Morgan fingerprint density at radius 1 is 0.950 bits per heavy atom. The smallest absolute Gasteiger partial charge is 0.481 e. The molecular formula is C30H31F3N2O5. The highest BCUT2D eigenvalue weighted by molar-refractivity contribution is 6.07. The van der Waals surface area contributed by atoms with Gasteiger partial charge in [-0.15, -0.1) is 13.2 Å². The van der Waals surface area contributed by atoms with E-state index in [0.29, 0.717) is 5.92 Å². The first-order chi connectivity index (χ1) is 19.1. The number of hydrogen-bond acceptors (Lipinski definition) is 4. The number of ether oxygens (including phenoxy) is 1. The SMILES string of the molecule is O=C(O)CCC(=O)N(C1CC1)[C@H]1c2cc(C3CC3)ccc2N(C(=O)c2ccc(OC(F)(F)F)cc2)[C@H]2CCC[C@H]21. The topological polar surface area (TPSA) is 87.2 Å². The average molecular weight is 557 g/mol. The standard InChI is InChI=1S/C30H31F3N2O5/c31-30(32,33)40-21-11-6-18(7-12-21)29(39)35-24-3-1-2-22(24)28(23-16-19(17-4-5-17)8-13-25(23)35)34(20-9-10-20)26(36)14-15-27(37)38/h6-8,11-13,16-17,20,22,24,28H,1-5,9-10,14-15H2,(H,37,38)/t22-,24+,28-/m1/s1. The van der Waals surface area contributed by atoms with Crippen LogP contribution < -0.4 is 9.64 Å². The number of amides is 2. The van der Waals surface area contributed by atoms with Crippen molar-refractivity contribution >= 4 is 23.5 Å². The van der Waals surface area contributed by atoms with Crippen LogP contribution in [-0.2, 0) is 9.59 Å². The van der Waals surface area contributed by atoms with Crippen LogP contribution >= 0.6 is 0 Å². The number of hydrogen-bond donors (Lipinski definition) is 1. The number of carboxylic acids is 1. The van der Waals surface area contributed by atoms with Gasteiger partial charge in [0, 0.05) is 35.7 Å². The van der Waals surface area contributed by atoms with Gasteiger partial charge >= 0.3 is 12.3 Å². The fourth-order valence-corrected chi connectivity index (χ4v) is 6.60. The number of carbonyl (C=O) groups excluding carboxylic acids is 2. The summed E-state index contributed by atoms with van der Waals surface area (Å²) in [6.07, 6.45) is 1.26. The normalized spacial score (nSPS) is 23.8. The summed E-state index contributed by atoms with van der Waals surface area (Å²) < 4.78 is 41.9. The number of alkyl halides is 3. The maximum absolute atomic E-state index is 14.0. The molecule has 1 N–H and O–H groups in total. The van der Waals surface area contributed by atoms with Gasteiger partial charge in [-0.3, -0.25) is 14.4 Å². The molecule has 1 aliphatic heterocycles. The van der Waals surface area contributed by atoms with E-state index in [9.17, 15) is 32.7 Å². The Kier molecular flexibility index (Phi) is 6.74. The predicted octanol–water partition coefficient (Wildman–Crippen LogP) is 6.19. The van der Waals surface area contributed by atoms with E-state index in [1.54, 1.807) is 4.90 Å². The second kappa shape index (κ2) is 10.1. The predicted molar refractivity (Wildman–Crippen MR) is 139 cm³/mol. The third-order valence-corrected chi connectivity index (χ3v) is 8.58. The van der Waals surface area contributed by atoms with Crippen molar-refractivity contribution < 1.29 is 37.4 Å². The van der Waals surface area contributed by atoms with Crippen molar-refractivity contribution in [1.29, 1.82) is 0 Å². The van der Waals surface area contributed by atoms with E-state index < -0.39 is 18.1 Å². The molecule has 6 rings (SSSR count). The molecule has 0 unspecified atom stereocenters. The number of benzene rings is 2. The number of nitrogens with zero attached hydrogens (tertiary/aromatic N) is 2.